The van der Waals surface area contributed by atoms with Crippen LogP contribution in [0, 0.1) is 10.8 Å². The van der Waals surface area contributed by atoms with Gasteiger partial charge in [0.05, 0.1) is 1.37 Å². The molecule has 0 aliphatic rings. The van der Waals surface area contributed by atoms with Crippen LogP contribution in [0.25, 0.3) is 0 Å². The normalized spacial score (nSPS) is 15.1. The van der Waals surface area contributed by atoms with Crippen molar-refractivity contribution in [2.24, 2.45) is 11.3 Å². The minimum absolute atomic E-state index is 0.370. The van der Waals surface area contributed by atoms with Crippen molar-refractivity contribution in [1.29, 1.82) is 0 Å². The molecule has 0 heterocycles. The average molecular weight is 118 g/mol. The Morgan fingerprint density at radius 1 is 1.88 bits per heavy atom. The van der Waals surface area contributed by atoms with Gasteiger partial charge in [-0.3, -0.25) is 0 Å². The summed E-state index contributed by atoms with van der Waals surface area (Å²) in [6.45, 7) is 3.12. The van der Waals surface area contributed by atoms with Crippen molar-refractivity contribution in [3.05, 3.63) is 4.91 Å². The Balaban J connectivity index is 3.25. The van der Waals surface area contributed by atoms with E-state index in [1.807, 2.05) is 13.8 Å². The maximum atomic E-state index is 9.40. The molecule has 8 heavy (non-hydrogen) atoms. The number of hydrogen-bond donors (Lipinski definition) is 0. The summed E-state index contributed by atoms with van der Waals surface area (Å²) in [7, 11) is 0. The van der Waals surface area contributed by atoms with Crippen molar-refractivity contribution in [3.8, 4) is 0 Å². The predicted octanol–water partition coefficient (Wildman–Crippen LogP) is 1.73. The van der Waals surface area contributed by atoms with E-state index in [0.29, 0.717) is 12.3 Å². The molecule has 0 N–H and O–H groups in total. The zero-order valence-electron chi connectivity index (χ0n) is 6.13. The third kappa shape index (κ3) is 5.40. The summed E-state index contributed by atoms with van der Waals surface area (Å²) in [5.41, 5.74) is 0. The monoisotopic (exact) mass is 118 g/mol. The molecule has 0 fully saturated rings. The highest BCUT2D eigenvalue weighted by Crippen LogP contribution is 1.98. The molecule has 1 atom stereocenters. The lowest BCUT2D eigenvalue weighted by atomic mass is 10.1. The molecular formula is C5H11NO2. The van der Waals surface area contributed by atoms with Crippen LogP contribution in [0.2, 0.25) is 0 Å². The molecule has 0 bridgehead atoms. The van der Waals surface area contributed by atoms with Gasteiger partial charge >= 0.3 is 0 Å². The fraction of sp³-hybridized carbons (Fsp3) is 1.00. The molecule has 3 nitrogen and oxygen atoms in total. The Bertz CT molecular complexity index is 87.0. The highest BCUT2D eigenvalue weighted by molar-refractivity contribution is 4.40. The molecule has 0 aromatic carbocycles. The van der Waals surface area contributed by atoms with Gasteiger partial charge in [-0.1, -0.05) is 13.8 Å². The van der Waals surface area contributed by atoms with Crippen LogP contribution in [0.15, 0.2) is 5.34 Å². The summed E-state index contributed by atoms with van der Waals surface area (Å²) in [6, 6.07) is 0. The molecule has 0 saturated heterocycles. The maximum absolute atomic E-state index is 9.40. The minimum Gasteiger partial charge on any atom is -0.364 e. The van der Waals surface area contributed by atoms with Crippen LogP contribution in [0.4, 0.5) is 0 Å². The lowest BCUT2D eigenvalue weighted by Crippen LogP contribution is -1.93. The largest absolute Gasteiger partial charge is 0.364 e. The predicted molar refractivity (Wildman–Crippen MR) is 31.2 cm³/mol. The van der Waals surface area contributed by atoms with Crippen LogP contribution in [0.1, 0.15) is 21.6 Å². The van der Waals surface area contributed by atoms with Crippen molar-refractivity contribution in [2.45, 2.75) is 20.3 Å². The molecule has 1 unspecified atom stereocenters. The van der Waals surface area contributed by atoms with Crippen LogP contribution >= 0.6 is 0 Å². The first kappa shape index (κ1) is 5.54. The standard InChI is InChI=1S/C5H11NO2/c1-5(2)3-4-8-6-7/h5H,3-4H2,1-2H3/i4D. The van der Waals surface area contributed by atoms with Gasteiger partial charge in [0.15, 0.2) is 5.34 Å². The lowest BCUT2D eigenvalue weighted by molar-refractivity contribution is 0.128. The molecule has 3 heteroatoms. The first-order valence-corrected chi connectivity index (χ1v) is 2.57. The average Bonchev–Trinajstić information content (AvgIpc) is 1.63. The topological polar surface area (TPSA) is 38.7 Å². The first-order valence-electron chi connectivity index (χ1n) is 3.15. The van der Waals surface area contributed by atoms with Gasteiger partial charge in [-0.2, -0.15) is 0 Å². The number of hydrogen-bond acceptors (Lipinski definition) is 3. The van der Waals surface area contributed by atoms with Crippen LogP contribution in [-0.2, 0) is 4.84 Å². The Morgan fingerprint density at radius 2 is 2.50 bits per heavy atom. The van der Waals surface area contributed by atoms with Gasteiger partial charge in [0.1, 0.15) is 6.58 Å². The zero-order chi connectivity index (χ0) is 7.28. The third-order valence-corrected chi connectivity index (χ3v) is 0.685. The second-order valence-corrected chi connectivity index (χ2v) is 1.98. The van der Waals surface area contributed by atoms with Crippen LogP contribution in [0.5, 0.6) is 0 Å². The maximum Gasteiger partial charge on any atom is 0.155 e. The van der Waals surface area contributed by atoms with Gasteiger partial charge < -0.3 is 4.84 Å². The highest BCUT2D eigenvalue weighted by atomic mass is 16.7. The minimum atomic E-state index is -0.789. The molecule has 0 aromatic rings. The van der Waals surface area contributed by atoms with Crippen molar-refractivity contribution in [2.75, 3.05) is 6.58 Å². The molecule has 0 aromatic heterocycles. The van der Waals surface area contributed by atoms with Gasteiger partial charge in [-0.05, 0) is 12.3 Å². The Hall–Kier alpha value is -0.600. The van der Waals surface area contributed by atoms with Crippen molar-refractivity contribution in [1.82, 2.24) is 0 Å². The zero-order valence-corrected chi connectivity index (χ0v) is 5.13. The summed E-state index contributed by atoms with van der Waals surface area (Å²) in [6.07, 6.45) is 0.547. The van der Waals surface area contributed by atoms with Crippen LogP contribution in [-0.4, -0.2) is 6.58 Å². The van der Waals surface area contributed by atoms with E-state index in [9.17, 15) is 4.91 Å². The Morgan fingerprint density at radius 3 is 2.88 bits per heavy atom. The third-order valence-electron chi connectivity index (χ3n) is 0.685. The van der Waals surface area contributed by atoms with E-state index in [1.165, 1.54) is 0 Å². The van der Waals surface area contributed by atoms with E-state index >= 15 is 0 Å². The van der Waals surface area contributed by atoms with Gasteiger partial charge in [-0.25, -0.2) is 0 Å². The molecule has 0 spiro atoms. The van der Waals surface area contributed by atoms with E-state index in [1.54, 1.807) is 0 Å². The molecule has 0 amide bonds. The Kier molecular flexibility index (Phi) is 3.15. The lowest BCUT2D eigenvalue weighted by Gasteiger charge is -1.98. The van der Waals surface area contributed by atoms with Gasteiger partial charge in [0.2, 0.25) is 0 Å². The van der Waals surface area contributed by atoms with E-state index < -0.39 is 6.58 Å². The van der Waals surface area contributed by atoms with E-state index in [2.05, 4.69) is 10.2 Å². The summed E-state index contributed by atoms with van der Waals surface area (Å²) in [5, 5.41) is 2.15. The van der Waals surface area contributed by atoms with E-state index in [4.69, 9.17) is 1.37 Å². The second kappa shape index (κ2) is 4.56. The Labute approximate surface area is 50.4 Å². The van der Waals surface area contributed by atoms with Crippen LogP contribution in [0.3, 0.4) is 0 Å². The van der Waals surface area contributed by atoms with Crippen molar-refractivity contribution >= 4 is 0 Å². The molecule has 48 valence electrons. The van der Waals surface area contributed by atoms with Crippen molar-refractivity contribution < 1.29 is 6.21 Å². The molecule has 0 aliphatic heterocycles. The van der Waals surface area contributed by atoms with Gasteiger partial charge in [0.25, 0.3) is 0 Å². The summed E-state index contributed by atoms with van der Waals surface area (Å²) in [4.78, 5) is 13.5. The quantitative estimate of drug-likeness (QED) is 0.416. The summed E-state index contributed by atoms with van der Waals surface area (Å²) >= 11 is 0. The SMILES string of the molecule is [2H]C(CC(C)C)ON=O. The van der Waals surface area contributed by atoms with Crippen molar-refractivity contribution in [3.63, 3.8) is 0 Å². The number of rotatable bonds is 4. The van der Waals surface area contributed by atoms with E-state index in [0.717, 1.165) is 0 Å². The molecular weight excluding hydrogens is 106 g/mol. The molecule has 0 aliphatic carbocycles. The number of nitrogens with zero attached hydrogens (tertiary/aromatic N) is 1. The fourth-order valence-corrected chi connectivity index (χ4v) is 0.266. The highest BCUT2D eigenvalue weighted by Gasteiger charge is 1.91. The first-order chi connectivity index (χ1) is 4.16. The van der Waals surface area contributed by atoms with E-state index in [-0.39, 0.29) is 0 Å². The van der Waals surface area contributed by atoms with Crippen LogP contribution < -0.4 is 0 Å². The van der Waals surface area contributed by atoms with Gasteiger partial charge in [0, 0.05) is 0 Å². The molecule has 0 radical (unpaired) electrons. The fourth-order valence-electron chi connectivity index (χ4n) is 0.266. The molecule has 0 saturated carbocycles. The smallest absolute Gasteiger partial charge is 0.155 e. The summed E-state index contributed by atoms with van der Waals surface area (Å²) in [5.74, 6) is 0.370. The second-order valence-electron chi connectivity index (χ2n) is 1.98. The molecule has 0 rings (SSSR count). The van der Waals surface area contributed by atoms with Gasteiger partial charge in [-0.15, -0.1) is 4.91 Å². The summed E-state index contributed by atoms with van der Waals surface area (Å²) < 4.78 is 6.99.